The van der Waals surface area contributed by atoms with E-state index in [2.05, 4.69) is 0 Å². The van der Waals surface area contributed by atoms with E-state index >= 15 is 0 Å². The molecule has 1 aromatic rings. The molecule has 0 saturated carbocycles. The van der Waals surface area contributed by atoms with Crippen molar-refractivity contribution in [3.8, 4) is 0 Å². The molecule has 1 unspecified atom stereocenters. The van der Waals surface area contributed by atoms with Gasteiger partial charge in [0, 0.05) is 5.56 Å². The zero-order valence-electron chi connectivity index (χ0n) is 8.25. The van der Waals surface area contributed by atoms with Crippen LogP contribution in [0.1, 0.15) is 22.8 Å². The second-order valence-corrected chi connectivity index (χ2v) is 3.27. The predicted octanol–water partition coefficient (Wildman–Crippen LogP) is 2.13. The highest BCUT2D eigenvalue weighted by atomic mass is 19.4. The van der Waals surface area contributed by atoms with Crippen LogP contribution in [-0.2, 0) is 11.0 Å². The number of carboxylic acid groups (broad SMARTS) is 1. The van der Waals surface area contributed by atoms with Gasteiger partial charge in [0.2, 0.25) is 0 Å². The van der Waals surface area contributed by atoms with Crippen LogP contribution < -0.4 is 0 Å². The molecule has 0 bridgehead atoms. The van der Waals surface area contributed by atoms with E-state index < -0.39 is 29.4 Å². The van der Waals surface area contributed by atoms with E-state index in [1.54, 1.807) is 0 Å². The lowest BCUT2D eigenvalue weighted by atomic mass is 9.97. The van der Waals surface area contributed by atoms with Gasteiger partial charge in [0.15, 0.2) is 6.10 Å². The first-order chi connectivity index (χ1) is 7.25. The topological polar surface area (TPSA) is 57.5 Å². The Hall–Kier alpha value is -1.56. The molecule has 16 heavy (non-hydrogen) atoms. The molecule has 2 N–H and O–H groups in total. The second kappa shape index (κ2) is 4.13. The molecule has 1 atom stereocenters. The molecule has 0 aliphatic rings. The lowest BCUT2D eigenvalue weighted by Crippen LogP contribution is -2.18. The largest absolute Gasteiger partial charge is 0.479 e. The number of aliphatic hydroxyl groups excluding tert-OH is 1. The first kappa shape index (κ1) is 12.5. The molecule has 0 saturated heterocycles. The van der Waals surface area contributed by atoms with Crippen molar-refractivity contribution in [1.82, 2.24) is 0 Å². The Kier molecular flexibility index (Phi) is 3.23. The van der Waals surface area contributed by atoms with Crippen LogP contribution in [0.5, 0.6) is 0 Å². The van der Waals surface area contributed by atoms with Gasteiger partial charge in [0.1, 0.15) is 0 Å². The van der Waals surface area contributed by atoms with Crippen molar-refractivity contribution in [1.29, 1.82) is 0 Å². The summed E-state index contributed by atoms with van der Waals surface area (Å²) in [5.41, 5.74) is -1.64. The monoisotopic (exact) mass is 234 g/mol. The van der Waals surface area contributed by atoms with Crippen LogP contribution in [0, 0.1) is 6.92 Å². The number of carboxylic acids is 1. The van der Waals surface area contributed by atoms with Gasteiger partial charge in [-0.1, -0.05) is 12.1 Å². The molecule has 88 valence electrons. The summed E-state index contributed by atoms with van der Waals surface area (Å²) in [5.74, 6) is -1.71. The van der Waals surface area contributed by atoms with E-state index in [1.807, 2.05) is 0 Å². The first-order valence-electron chi connectivity index (χ1n) is 4.32. The fourth-order valence-corrected chi connectivity index (χ4v) is 1.41. The van der Waals surface area contributed by atoms with Gasteiger partial charge in [-0.2, -0.15) is 13.2 Å². The van der Waals surface area contributed by atoms with Crippen LogP contribution in [0.3, 0.4) is 0 Å². The van der Waals surface area contributed by atoms with Crippen molar-refractivity contribution in [2.45, 2.75) is 19.2 Å². The summed E-state index contributed by atoms with van der Waals surface area (Å²) < 4.78 is 37.6. The maximum Gasteiger partial charge on any atom is 0.416 e. The van der Waals surface area contributed by atoms with Gasteiger partial charge in [-0.05, 0) is 18.6 Å². The van der Waals surface area contributed by atoms with Crippen LogP contribution in [-0.4, -0.2) is 16.2 Å². The van der Waals surface area contributed by atoms with E-state index in [0.717, 1.165) is 12.1 Å². The minimum absolute atomic E-state index is 0.0877. The summed E-state index contributed by atoms with van der Waals surface area (Å²) in [4.78, 5) is 10.5. The number of benzene rings is 1. The van der Waals surface area contributed by atoms with Crippen molar-refractivity contribution in [3.63, 3.8) is 0 Å². The van der Waals surface area contributed by atoms with Gasteiger partial charge in [-0.15, -0.1) is 0 Å². The summed E-state index contributed by atoms with van der Waals surface area (Å²) >= 11 is 0. The third-order valence-corrected chi connectivity index (χ3v) is 2.14. The molecule has 0 aliphatic carbocycles. The molecule has 1 rings (SSSR count). The highest BCUT2D eigenvalue weighted by Crippen LogP contribution is 2.36. The van der Waals surface area contributed by atoms with Crippen LogP contribution in [0.4, 0.5) is 13.2 Å². The Morgan fingerprint density at radius 1 is 1.38 bits per heavy atom. The second-order valence-electron chi connectivity index (χ2n) is 3.27. The zero-order chi connectivity index (χ0) is 12.5. The number of hydrogen-bond donors (Lipinski definition) is 2. The molecule has 0 spiro atoms. The Balaban J connectivity index is 3.41. The number of alkyl halides is 3. The van der Waals surface area contributed by atoms with Gasteiger partial charge in [0.05, 0.1) is 5.56 Å². The maximum atomic E-state index is 12.5. The number of hydrogen-bond acceptors (Lipinski definition) is 2. The van der Waals surface area contributed by atoms with Crippen LogP contribution in [0.15, 0.2) is 18.2 Å². The lowest BCUT2D eigenvalue weighted by Gasteiger charge is -2.17. The summed E-state index contributed by atoms with van der Waals surface area (Å²) in [6.45, 7) is 1.32. The molecular formula is C10H9F3O3. The molecule has 0 radical (unpaired) electrons. The molecule has 3 nitrogen and oxygen atoms in total. The smallest absolute Gasteiger partial charge is 0.416 e. The SMILES string of the molecule is Cc1cccc(C(F)(F)F)c1C(O)C(=O)O. The molecule has 0 amide bonds. The Labute approximate surface area is 89.1 Å². The Morgan fingerprint density at radius 2 is 1.94 bits per heavy atom. The average Bonchev–Trinajstić information content (AvgIpc) is 2.14. The van der Waals surface area contributed by atoms with Crippen molar-refractivity contribution in [2.24, 2.45) is 0 Å². The molecular weight excluding hydrogens is 225 g/mol. The minimum Gasteiger partial charge on any atom is -0.479 e. The van der Waals surface area contributed by atoms with E-state index in [4.69, 9.17) is 5.11 Å². The number of halogens is 3. The highest BCUT2D eigenvalue weighted by molar-refractivity contribution is 5.75. The van der Waals surface area contributed by atoms with Crippen molar-refractivity contribution in [2.75, 3.05) is 0 Å². The first-order valence-corrected chi connectivity index (χ1v) is 4.32. The van der Waals surface area contributed by atoms with Crippen molar-refractivity contribution >= 4 is 5.97 Å². The van der Waals surface area contributed by atoms with Gasteiger partial charge in [0.25, 0.3) is 0 Å². The van der Waals surface area contributed by atoms with Crippen LogP contribution in [0.2, 0.25) is 0 Å². The lowest BCUT2D eigenvalue weighted by molar-refractivity contribution is -0.149. The molecule has 0 aromatic heterocycles. The zero-order valence-corrected chi connectivity index (χ0v) is 8.25. The quantitative estimate of drug-likeness (QED) is 0.824. The summed E-state index contributed by atoms with van der Waals surface area (Å²) in [7, 11) is 0. The third kappa shape index (κ3) is 2.33. The van der Waals surface area contributed by atoms with E-state index in [9.17, 15) is 23.1 Å². The predicted molar refractivity (Wildman–Crippen MR) is 48.8 cm³/mol. The normalized spacial score (nSPS) is 13.6. The Morgan fingerprint density at radius 3 is 2.38 bits per heavy atom. The Bertz CT molecular complexity index is 412. The van der Waals surface area contributed by atoms with Gasteiger partial charge < -0.3 is 10.2 Å². The average molecular weight is 234 g/mol. The number of carbonyl (C=O) groups is 1. The highest BCUT2D eigenvalue weighted by Gasteiger charge is 2.37. The minimum atomic E-state index is -4.68. The van der Waals surface area contributed by atoms with E-state index in [-0.39, 0.29) is 5.56 Å². The number of aliphatic hydroxyl groups is 1. The number of rotatable bonds is 2. The summed E-state index contributed by atoms with van der Waals surface area (Å²) in [6.07, 6.45) is -6.85. The molecule has 1 aromatic carbocycles. The van der Waals surface area contributed by atoms with Crippen molar-refractivity contribution in [3.05, 3.63) is 34.9 Å². The van der Waals surface area contributed by atoms with Crippen LogP contribution >= 0.6 is 0 Å². The van der Waals surface area contributed by atoms with Crippen molar-refractivity contribution < 1.29 is 28.2 Å². The van der Waals surface area contributed by atoms with Gasteiger partial charge >= 0.3 is 12.1 Å². The maximum absolute atomic E-state index is 12.5. The molecule has 0 heterocycles. The fraction of sp³-hybridized carbons (Fsp3) is 0.300. The van der Waals surface area contributed by atoms with Crippen LogP contribution in [0.25, 0.3) is 0 Å². The van der Waals surface area contributed by atoms with Gasteiger partial charge in [-0.25, -0.2) is 4.79 Å². The van der Waals surface area contributed by atoms with E-state index in [1.165, 1.54) is 13.0 Å². The third-order valence-electron chi connectivity index (χ3n) is 2.14. The molecule has 0 fully saturated rings. The standard InChI is InChI=1S/C10H9F3O3/c1-5-3-2-4-6(10(11,12)13)7(5)8(14)9(15)16/h2-4,8,14H,1H3,(H,15,16). The molecule has 0 aliphatic heterocycles. The summed E-state index contributed by atoms with van der Waals surface area (Å²) in [6, 6.07) is 3.22. The van der Waals surface area contributed by atoms with Gasteiger partial charge in [-0.3, -0.25) is 0 Å². The van der Waals surface area contributed by atoms with E-state index in [0.29, 0.717) is 0 Å². The number of aliphatic carboxylic acids is 1. The summed E-state index contributed by atoms with van der Waals surface area (Å²) in [5, 5.41) is 17.8. The number of aryl methyl sites for hydroxylation is 1. The fourth-order valence-electron chi connectivity index (χ4n) is 1.41. The molecule has 6 heteroatoms.